The number of hydrogen-bond acceptors (Lipinski definition) is 6. The molecule has 0 bridgehead atoms. The lowest BCUT2D eigenvalue weighted by Gasteiger charge is -2.11. The van der Waals surface area contributed by atoms with Crippen LogP contribution < -0.4 is 9.44 Å². The van der Waals surface area contributed by atoms with Crippen LogP contribution in [0, 0.1) is 0 Å². The minimum absolute atomic E-state index is 0.493. The van der Waals surface area contributed by atoms with Crippen molar-refractivity contribution in [3.05, 3.63) is 25.1 Å². The minimum Gasteiger partial charge on any atom is -0.373 e. The average molecular weight is 391 g/mol. The predicted molar refractivity (Wildman–Crippen MR) is 67.1 cm³/mol. The molecule has 0 saturated heterocycles. The van der Waals surface area contributed by atoms with Crippen molar-refractivity contribution >= 4 is 20.0 Å². The molecule has 1 aliphatic rings. The van der Waals surface area contributed by atoms with Gasteiger partial charge in [0.2, 0.25) is 0 Å². The normalized spacial score (nSPS) is 15.7. The van der Waals surface area contributed by atoms with Crippen LogP contribution in [0.4, 0.5) is 26.3 Å². The molecular formula is C8H11F6N3O4S2. The maximum Gasteiger partial charge on any atom is 0.512 e. The zero-order chi connectivity index (χ0) is 18.5. The highest BCUT2D eigenvalue weighted by Gasteiger charge is 2.55. The van der Waals surface area contributed by atoms with Crippen LogP contribution >= 0.6 is 0 Å². The number of sulfonamides is 2. The second-order valence-electron chi connectivity index (χ2n) is 3.72. The molecule has 15 heteroatoms. The Morgan fingerprint density at radius 2 is 1.52 bits per heavy atom. The van der Waals surface area contributed by atoms with Gasteiger partial charge in [-0.3, -0.25) is 0 Å². The lowest BCUT2D eigenvalue weighted by molar-refractivity contribution is -0.0476. The molecule has 0 spiro atoms. The van der Waals surface area contributed by atoms with Gasteiger partial charge in [0.05, 0.1) is 6.67 Å². The van der Waals surface area contributed by atoms with Gasteiger partial charge in [-0.15, -0.1) is 6.58 Å². The van der Waals surface area contributed by atoms with Crippen LogP contribution in [0.1, 0.15) is 0 Å². The van der Waals surface area contributed by atoms with E-state index in [4.69, 9.17) is 0 Å². The van der Waals surface area contributed by atoms with Gasteiger partial charge in [-0.25, -0.2) is 16.8 Å². The molecule has 0 aromatic carbocycles. The van der Waals surface area contributed by atoms with Gasteiger partial charge in [0.25, 0.3) is 0 Å². The maximum absolute atomic E-state index is 11.5. The maximum atomic E-state index is 11.5. The van der Waals surface area contributed by atoms with E-state index in [-0.39, 0.29) is 0 Å². The molecule has 136 valence electrons. The zero-order valence-electron chi connectivity index (χ0n) is 11.0. The first kappa shape index (κ1) is 21.5. The Labute approximate surface area is 127 Å². The molecule has 23 heavy (non-hydrogen) atoms. The van der Waals surface area contributed by atoms with Crippen molar-refractivity contribution in [2.45, 2.75) is 11.0 Å². The molecule has 0 aromatic rings. The van der Waals surface area contributed by atoms with Crippen LogP contribution in [0.2, 0.25) is 0 Å². The van der Waals surface area contributed by atoms with Crippen molar-refractivity contribution in [2.24, 2.45) is 0 Å². The molecule has 0 saturated carbocycles. The standard InChI is InChI=1S/C6H10N2.C2HF6NO4S2/c1-2-4-8-5-3-7-6-8;3-1(4,5)14(10,11)9-15(12,13)2(6,7)8/h2-3,5,7H,1,4,6H2;9H. The van der Waals surface area contributed by atoms with Crippen molar-refractivity contribution in [1.29, 1.82) is 0 Å². The van der Waals surface area contributed by atoms with E-state index in [1.165, 1.54) is 0 Å². The second-order valence-corrected chi connectivity index (χ2v) is 7.33. The first-order valence-corrected chi connectivity index (χ1v) is 8.27. The van der Waals surface area contributed by atoms with E-state index in [2.05, 4.69) is 16.8 Å². The Kier molecular flexibility index (Phi) is 6.92. The molecule has 2 N–H and O–H groups in total. The monoisotopic (exact) mass is 391 g/mol. The smallest absolute Gasteiger partial charge is 0.373 e. The predicted octanol–water partition coefficient (Wildman–Crippen LogP) is 0.781. The minimum atomic E-state index is -6.60. The Bertz CT molecular complexity index is 596. The Morgan fingerprint density at radius 3 is 1.78 bits per heavy atom. The summed E-state index contributed by atoms with van der Waals surface area (Å²) in [6.45, 7) is 5.48. The van der Waals surface area contributed by atoms with Gasteiger partial charge in [0.15, 0.2) is 0 Å². The molecule has 0 aliphatic carbocycles. The molecule has 0 aromatic heterocycles. The molecular weight excluding hydrogens is 380 g/mol. The van der Waals surface area contributed by atoms with Crippen LogP contribution in [0.25, 0.3) is 0 Å². The molecule has 0 amide bonds. The third-order valence-electron chi connectivity index (χ3n) is 1.89. The van der Waals surface area contributed by atoms with Crippen LogP contribution in [-0.2, 0) is 20.0 Å². The molecule has 0 unspecified atom stereocenters. The molecule has 1 heterocycles. The highest BCUT2D eigenvalue weighted by molar-refractivity contribution is 8.05. The Morgan fingerprint density at radius 1 is 1.09 bits per heavy atom. The van der Waals surface area contributed by atoms with Crippen LogP contribution in [0.3, 0.4) is 0 Å². The van der Waals surface area contributed by atoms with Crippen molar-refractivity contribution in [2.75, 3.05) is 13.2 Å². The zero-order valence-corrected chi connectivity index (χ0v) is 12.7. The summed E-state index contributed by atoms with van der Waals surface area (Å²) in [6, 6.07) is 0. The molecule has 0 fully saturated rings. The van der Waals surface area contributed by atoms with Gasteiger partial charge in [-0.1, -0.05) is 10.2 Å². The summed E-state index contributed by atoms with van der Waals surface area (Å²) in [7, 11) is -13.2. The van der Waals surface area contributed by atoms with Gasteiger partial charge >= 0.3 is 31.1 Å². The fourth-order valence-corrected chi connectivity index (χ4v) is 2.82. The van der Waals surface area contributed by atoms with E-state index in [1.54, 1.807) is 0 Å². The third-order valence-corrected chi connectivity index (χ3v) is 4.86. The number of hydrogen-bond donors (Lipinski definition) is 2. The van der Waals surface area contributed by atoms with Gasteiger partial charge in [0.1, 0.15) is 0 Å². The van der Waals surface area contributed by atoms with Gasteiger partial charge < -0.3 is 10.2 Å². The van der Waals surface area contributed by atoms with Gasteiger partial charge in [-0.05, 0) is 0 Å². The van der Waals surface area contributed by atoms with E-state index in [0.29, 0.717) is 0 Å². The van der Waals surface area contributed by atoms with Gasteiger partial charge in [0, 0.05) is 18.9 Å². The van der Waals surface area contributed by atoms with Crippen LogP contribution in [0.15, 0.2) is 25.1 Å². The topological polar surface area (TPSA) is 95.6 Å². The first-order chi connectivity index (χ1) is 10.1. The van der Waals surface area contributed by atoms with Crippen molar-refractivity contribution in [1.82, 2.24) is 14.3 Å². The quantitative estimate of drug-likeness (QED) is 0.543. The summed E-state index contributed by atoms with van der Waals surface area (Å²) in [5.74, 6) is 0. The Balaban J connectivity index is 0.000000502. The number of alkyl halides is 6. The highest BCUT2D eigenvalue weighted by Crippen LogP contribution is 2.27. The first-order valence-electron chi connectivity index (χ1n) is 5.30. The van der Waals surface area contributed by atoms with E-state index >= 15 is 0 Å². The van der Waals surface area contributed by atoms with E-state index in [0.717, 1.165) is 13.2 Å². The SMILES string of the molecule is C=CCN1C=CNC1.O=S(=O)(NS(=O)(=O)C(F)(F)F)C(F)(F)F. The fraction of sp³-hybridized carbons (Fsp3) is 0.500. The van der Waals surface area contributed by atoms with Crippen molar-refractivity contribution < 1.29 is 43.2 Å². The molecule has 7 nitrogen and oxygen atoms in total. The summed E-state index contributed by atoms with van der Waals surface area (Å²) >= 11 is 0. The summed E-state index contributed by atoms with van der Waals surface area (Å²) in [5, 5.41) is 3.05. The van der Waals surface area contributed by atoms with E-state index in [1.807, 2.05) is 18.5 Å². The molecule has 1 aliphatic heterocycles. The lowest BCUT2D eigenvalue weighted by Crippen LogP contribution is -2.45. The van der Waals surface area contributed by atoms with Crippen LogP contribution in [-0.4, -0.2) is 46.0 Å². The highest BCUT2D eigenvalue weighted by atomic mass is 32.3. The summed E-state index contributed by atoms with van der Waals surface area (Å²) in [4.78, 5) is 2.13. The van der Waals surface area contributed by atoms with Crippen LogP contribution in [0.5, 0.6) is 0 Å². The summed E-state index contributed by atoms with van der Waals surface area (Å²) < 4.78 is 108. The molecule has 1 rings (SSSR count). The largest absolute Gasteiger partial charge is 0.512 e. The molecule has 0 radical (unpaired) electrons. The fourth-order valence-electron chi connectivity index (χ4n) is 0.911. The summed E-state index contributed by atoms with van der Waals surface area (Å²) in [5.41, 5.74) is -12.3. The van der Waals surface area contributed by atoms with Gasteiger partial charge in [-0.2, -0.15) is 26.3 Å². The number of nitrogens with zero attached hydrogens (tertiary/aromatic N) is 1. The lowest BCUT2D eigenvalue weighted by atomic mass is 10.6. The second kappa shape index (κ2) is 7.39. The van der Waals surface area contributed by atoms with E-state index in [9.17, 15) is 43.2 Å². The summed E-state index contributed by atoms with van der Waals surface area (Å²) in [6.07, 6.45) is 5.84. The third kappa shape index (κ3) is 6.66. The number of halogens is 6. The van der Waals surface area contributed by atoms with E-state index < -0.39 is 35.2 Å². The van der Waals surface area contributed by atoms with Crippen molar-refractivity contribution in [3.8, 4) is 0 Å². The average Bonchev–Trinajstić information content (AvgIpc) is 2.78. The number of nitrogens with one attached hydrogen (secondary N) is 2. The Hall–Kier alpha value is -1.48. The number of rotatable bonds is 4. The van der Waals surface area contributed by atoms with Crippen molar-refractivity contribution in [3.63, 3.8) is 0 Å². The molecule has 0 atom stereocenters.